The van der Waals surface area contributed by atoms with E-state index in [9.17, 15) is 22.8 Å². The highest BCUT2D eigenvalue weighted by molar-refractivity contribution is 7.99. The summed E-state index contributed by atoms with van der Waals surface area (Å²) in [6.45, 7) is 10.5. The smallest absolute Gasteiger partial charge is 0.395 e. The van der Waals surface area contributed by atoms with Crippen LogP contribution in [0.5, 0.6) is 0 Å². The molecule has 0 fully saturated rings. The van der Waals surface area contributed by atoms with Crippen molar-refractivity contribution in [1.82, 2.24) is 5.32 Å². The number of alkyl halides is 3. The van der Waals surface area contributed by atoms with Gasteiger partial charge in [0.15, 0.2) is 0 Å². The van der Waals surface area contributed by atoms with Crippen LogP contribution in [0.3, 0.4) is 0 Å². The van der Waals surface area contributed by atoms with E-state index >= 15 is 0 Å². The van der Waals surface area contributed by atoms with E-state index in [-0.39, 0.29) is 36.0 Å². The maximum Gasteiger partial charge on any atom is 0.395 e. The number of aryl methyl sites for hydroxylation is 2. The lowest BCUT2D eigenvalue weighted by atomic mass is 9.88. The summed E-state index contributed by atoms with van der Waals surface area (Å²) >= 11 is 3.10. The number of carbonyl (C=O) groups is 2. The highest BCUT2D eigenvalue weighted by Gasteiger charge is 2.38. The predicted molar refractivity (Wildman–Crippen MR) is 144 cm³/mol. The van der Waals surface area contributed by atoms with Crippen molar-refractivity contribution in [3.05, 3.63) is 68.9 Å². The fourth-order valence-corrected chi connectivity index (χ4v) is 7.03. The zero-order valence-corrected chi connectivity index (χ0v) is 23.2. The third-order valence-corrected chi connectivity index (χ3v) is 9.09. The molecular weight excluding hydrogens is 519 g/mol. The van der Waals surface area contributed by atoms with E-state index < -0.39 is 18.1 Å². The van der Waals surface area contributed by atoms with Gasteiger partial charge in [-0.2, -0.15) is 13.2 Å². The maximum atomic E-state index is 13.0. The molecule has 0 saturated heterocycles. The molecule has 1 aliphatic rings. The van der Waals surface area contributed by atoms with Gasteiger partial charge < -0.3 is 10.4 Å². The molecule has 0 aliphatic heterocycles. The third-order valence-electron chi connectivity index (χ3n) is 6.09. The SMILES string of the molecule is Cc1cc(SC(c2ccc(C(=O)NCCC(=O)O)s2)C(C)(C)C)cc(C)c1C1=CCC(C(F)(F)F)C=C1. The average molecular weight is 552 g/mol. The summed E-state index contributed by atoms with van der Waals surface area (Å²) in [7, 11) is 0. The van der Waals surface area contributed by atoms with Crippen LogP contribution in [-0.4, -0.2) is 29.7 Å². The van der Waals surface area contributed by atoms with Gasteiger partial charge in [0.05, 0.1) is 17.2 Å². The highest BCUT2D eigenvalue weighted by atomic mass is 32.2. The van der Waals surface area contributed by atoms with Crippen molar-refractivity contribution in [1.29, 1.82) is 0 Å². The molecule has 0 radical (unpaired) electrons. The lowest BCUT2D eigenvalue weighted by Crippen LogP contribution is -2.25. The summed E-state index contributed by atoms with van der Waals surface area (Å²) in [4.78, 5) is 25.8. The van der Waals surface area contributed by atoms with Gasteiger partial charge >= 0.3 is 12.1 Å². The second-order valence-electron chi connectivity index (χ2n) is 10.3. The van der Waals surface area contributed by atoms with Gasteiger partial charge in [-0.25, -0.2) is 0 Å². The molecule has 0 saturated carbocycles. The first kappa shape index (κ1) is 29.0. The number of allylic oxidation sites excluding steroid dienone is 4. The van der Waals surface area contributed by atoms with Crippen LogP contribution in [-0.2, 0) is 4.79 Å². The Morgan fingerprint density at radius 1 is 1.16 bits per heavy atom. The number of halogens is 3. The minimum Gasteiger partial charge on any atom is -0.481 e. The molecule has 1 aromatic carbocycles. The Labute approximate surface area is 224 Å². The van der Waals surface area contributed by atoms with Crippen LogP contribution in [0, 0.1) is 25.2 Å². The third kappa shape index (κ3) is 7.51. The first-order valence-corrected chi connectivity index (χ1v) is 13.7. The maximum absolute atomic E-state index is 13.0. The Hall–Kier alpha value is -2.52. The zero-order valence-electron chi connectivity index (χ0n) is 21.5. The van der Waals surface area contributed by atoms with E-state index in [0.717, 1.165) is 32.0 Å². The number of carboxylic acid groups (broad SMARTS) is 1. The van der Waals surface area contributed by atoms with E-state index in [0.29, 0.717) is 4.88 Å². The topological polar surface area (TPSA) is 66.4 Å². The Balaban J connectivity index is 1.81. The average Bonchev–Trinajstić information content (AvgIpc) is 3.25. The van der Waals surface area contributed by atoms with Crippen molar-refractivity contribution in [2.24, 2.45) is 11.3 Å². The molecule has 9 heteroatoms. The molecule has 1 heterocycles. The van der Waals surface area contributed by atoms with Crippen LogP contribution >= 0.6 is 23.1 Å². The fourth-order valence-electron chi connectivity index (χ4n) is 4.28. The largest absolute Gasteiger partial charge is 0.481 e. The number of thiophene rings is 1. The van der Waals surface area contributed by atoms with Crippen LogP contribution < -0.4 is 5.32 Å². The molecule has 1 amide bonds. The molecule has 4 nitrogen and oxygen atoms in total. The fraction of sp³-hybridized carbons (Fsp3) is 0.429. The van der Waals surface area contributed by atoms with Crippen LogP contribution in [0.4, 0.5) is 13.2 Å². The number of benzene rings is 1. The second-order valence-corrected chi connectivity index (χ2v) is 12.6. The Morgan fingerprint density at radius 3 is 2.32 bits per heavy atom. The van der Waals surface area contributed by atoms with Gasteiger partial charge in [-0.1, -0.05) is 39.0 Å². The number of nitrogens with one attached hydrogen (secondary N) is 1. The summed E-state index contributed by atoms with van der Waals surface area (Å²) < 4.78 is 39.1. The summed E-state index contributed by atoms with van der Waals surface area (Å²) in [6, 6.07) is 7.86. The number of hydrogen-bond donors (Lipinski definition) is 2. The molecule has 1 aliphatic carbocycles. The Bertz CT molecular complexity index is 1200. The molecule has 2 unspecified atom stereocenters. The Morgan fingerprint density at radius 2 is 1.81 bits per heavy atom. The summed E-state index contributed by atoms with van der Waals surface area (Å²) in [5.74, 6) is -2.68. The van der Waals surface area contributed by atoms with Gasteiger partial charge in [0.1, 0.15) is 0 Å². The lowest BCUT2D eigenvalue weighted by molar-refractivity contribution is -0.160. The minimum absolute atomic E-state index is 0.0454. The first-order chi connectivity index (χ1) is 17.2. The number of amides is 1. The van der Waals surface area contributed by atoms with Crippen molar-refractivity contribution >= 4 is 40.5 Å². The summed E-state index contributed by atoms with van der Waals surface area (Å²) in [6.07, 6.45) is 0.0875. The molecule has 1 aromatic heterocycles. The van der Waals surface area contributed by atoms with Crippen molar-refractivity contribution in [2.45, 2.75) is 63.8 Å². The number of carbonyl (C=O) groups excluding carboxylic acids is 1. The van der Waals surface area contributed by atoms with Gasteiger partial charge in [0.25, 0.3) is 5.91 Å². The van der Waals surface area contributed by atoms with Crippen molar-refractivity contribution in [2.75, 3.05) is 6.54 Å². The van der Waals surface area contributed by atoms with Crippen LogP contribution in [0.2, 0.25) is 0 Å². The van der Waals surface area contributed by atoms with E-state index in [1.54, 1.807) is 30.0 Å². The molecule has 3 rings (SSSR count). The van der Waals surface area contributed by atoms with Gasteiger partial charge in [0.2, 0.25) is 0 Å². The normalized spacial score (nSPS) is 16.9. The molecule has 2 atom stereocenters. The van der Waals surface area contributed by atoms with Gasteiger partial charge in [-0.3, -0.25) is 9.59 Å². The van der Waals surface area contributed by atoms with Crippen LogP contribution in [0.1, 0.15) is 70.1 Å². The number of rotatable bonds is 8. The van der Waals surface area contributed by atoms with Crippen LogP contribution in [0.15, 0.2) is 47.4 Å². The monoisotopic (exact) mass is 551 g/mol. The number of hydrogen-bond acceptors (Lipinski definition) is 4. The molecule has 2 N–H and O–H groups in total. The van der Waals surface area contributed by atoms with Gasteiger partial charge in [-0.15, -0.1) is 23.1 Å². The molecule has 0 bridgehead atoms. The van der Waals surface area contributed by atoms with Crippen molar-refractivity contribution in [3.8, 4) is 0 Å². The lowest BCUT2D eigenvalue weighted by Gasteiger charge is -2.30. The Kier molecular flexibility index (Phi) is 9.01. The van der Waals surface area contributed by atoms with Crippen molar-refractivity contribution in [3.63, 3.8) is 0 Å². The van der Waals surface area contributed by atoms with E-state index in [2.05, 4.69) is 38.2 Å². The van der Waals surface area contributed by atoms with E-state index in [1.807, 2.05) is 19.9 Å². The quantitative estimate of drug-likeness (QED) is 0.327. The number of thioether (sulfide) groups is 1. The van der Waals surface area contributed by atoms with Gasteiger partial charge in [0, 0.05) is 21.6 Å². The number of aliphatic carboxylic acids is 1. The van der Waals surface area contributed by atoms with Gasteiger partial charge in [-0.05, 0) is 72.2 Å². The standard InChI is InChI=1S/C28H32F3NO3S2/c1-16-14-20(15-17(2)24(16)18-6-8-19(9-7-18)28(29,30)31)36-25(27(3,4)5)21-10-11-22(37-21)26(35)32-13-12-23(33)34/h6-8,10-11,14-15,19,25H,9,12-13H2,1-5H3,(H,32,35)(H,33,34). The molecule has 200 valence electrons. The van der Waals surface area contributed by atoms with Crippen LogP contribution in [0.25, 0.3) is 5.57 Å². The predicted octanol–water partition coefficient (Wildman–Crippen LogP) is 7.97. The van der Waals surface area contributed by atoms with Crippen molar-refractivity contribution < 1.29 is 27.9 Å². The van der Waals surface area contributed by atoms with E-state index in [4.69, 9.17) is 5.11 Å². The second kappa shape index (κ2) is 11.5. The number of carboxylic acids is 1. The highest BCUT2D eigenvalue weighted by Crippen LogP contribution is 2.50. The van der Waals surface area contributed by atoms with E-state index in [1.165, 1.54) is 17.4 Å². The molecule has 2 aromatic rings. The summed E-state index contributed by atoms with van der Waals surface area (Å²) in [5, 5.41) is 11.5. The molecule has 0 spiro atoms. The molecule has 37 heavy (non-hydrogen) atoms. The minimum atomic E-state index is -4.23. The summed E-state index contributed by atoms with van der Waals surface area (Å²) in [5.41, 5.74) is 3.65. The molecular formula is C28H32F3NO3S2. The zero-order chi connectivity index (χ0) is 27.5. The first-order valence-electron chi connectivity index (χ1n) is 12.0.